The summed E-state index contributed by atoms with van der Waals surface area (Å²) in [5.74, 6) is 0. The van der Waals surface area contributed by atoms with Crippen LogP contribution in [0.2, 0.25) is 0 Å². The highest BCUT2D eigenvalue weighted by atomic mass is 14.9. The third-order valence-corrected chi connectivity index (χ3v) is 2.76. The Bertz CT molecular complexity index is 455. The van der Waals surface area contributed by atoms with Crippen molar-refractivity contribution in [3.63, 3.8) is 0 Å². The molecule has 2 N–H and O–H groups in total. The van der Waals surface area contributed by atoms with Crippen LogP contribution in [0.1, 0.15) is 25.1 Å². The van der Waals surface area contributed by atoms with Crippen molar-refractivity contribution in [3.05, 3.63) is 35.5 Å². The van der Waals surface area contributed by atoms with E-state index in [0.29, 0.717) is 6.04 Å². The highest BCUT2D eigenvalue weighted by Gasteiger charge is 2.06. The lowest BCUT2D eigenvalue weighted by molar-refractivity contribution is 0.582. The molecular weight excluding hydrogens is 184 g/mol. The van der Waals surface area contributed by atoms with Crippen LogP contribution in [-0.2, 0) is 6.54 Å². The Kier molecular flexibility index (Phi) is 2.78. The number of hydrogen-bond acceptors (Lipinski definition) is 1. The highest BCUT2D eigenvalue weighted by Crippen LogP contribution is 2.20. The van der Waals surface area contributed by atoms with E-state index < -0.39 is 0 Å². The van der Waals surface area contributed by atoms with Crippen LogP contribution in [0.3, 0.4) is 0 Å². The Hall–Kier alpha value is -1.28. The van der Waals surface area contributed by atoms with Gasteiger partial charge in [0.1, 0.15) is 0 Å². The van der Waals surface area contributed by atoms with Gasteiger partial charge in [-0.25, -0.2) is 0 Å². The normalized spacial score (nSPS) is 11.5. The summed E-state index contributed by atoms with van der Waals surface area (Å²) in [7, 11) is 0. The lowest BCUT2D eigenvalue weighted by Crippen LogP contribution is -2.22. The second-order valence-electron chi connectivity index (χ2n) is 4.31. The van der Waals surface area contributed by atoms with Crippen molar-refractivity contribution in [2.24, 2.45) is 0 Å². The lowest BCUT2D eigenvalue weighted by atomic mass is 10.1. The molecule has 0 aliphatic carbocycles. The van der Waals surface area contributed by atoms with Crippen molar-refractivity contribution in [2.75, 3.05) is 0 Å². The Morgan fingerprint density at radius 3 is 2.67 bits per heavy atom. The summed E-state index contributed by atoms with van der Waals surface area (Å²) in [4.78, 5) is 3.46. The number of para-hydroxylation sites is 1. The van der Waals surface area contributed by atoms with Crippen molar-refractivity contribution in [2.45, 2.75) is 33.4 Å². The van der Waals surface area contributed by atoms with E-state index in [1.165, 1.54) is 22.2 Å². The molecule has 0 spiro atoms. The van der Waals surface area contributed by atoms with Gasteiger partial charge in [0, 0.05) is 29.2 Å². The zero-order valence-corrected chi connectivity index (χ0v) is 9.59. The molecule has 0 fully saturated rings. The lowest BCUT2D eigenvalue weighted by Gasteiger charge is -2.07. The second kappa shape index (κ2) is 4.07. The third kappa shape index (κ3) is 2.05. The van der Waals surface area contributed by atoms with Crippen molar-refractivity contribution in [1.82, 2.24) is 10.3 Å². The van der Waals surface area contributed by atoms with E-state index in [0.717, 1.165) is 6.54 Å². The Labute approximate surface area is 90.7 Å². The predicted molar refractivity (Wildman–Crippen MR) is 65.0 cm³/mol. The van der Waals surface area contributed by atoms with Gasteiger partial charge in [0.05, 0.1) is 0 Å². The number of nitrogens with one attached hydrogen (secondary N) is 2. The molecule has 2 rings (SSSR count). The van der Waals surface area contributed by atoms with Gasteiger partial charge in [0.25, 0.3) is 0 Å². The maximum absolute atomic E-state index is 3.46. The van der Waals surface area contributed by atoms with Crippen LogP contribution in [0, 0.1) is 6.92 Å². The zero-order valence-electron chi connectivity index (χ0n) is 9.59. The van der Waals surface area contributed by atoms with Crippen molar-refractivity contribution >= 4 is 10.9 Å². The quantitative estimate of drug-likeness (QED) is 0.786. The summed E-state index contributed by atoms with van der Waals surface area (Å²) in [5, 5.41) is 4.76. The van der Waals surface area contributed by atoms with Gasteiger partial charge in [-0.3, -0.25) is 0 Å². The smallest absolute Gasteiger partial charge is 0.0459 e. The van der Waals surface area contributed by atoms with Crippen molar-refractivity contribution in [3.8, 4) is 0 Å². The maximum atomic E-state index is 3.46. The Morgan fingerprint density at radius 2 is 2.00 bits per heavy atom. The molecule has 80 valence electrons. The molecule has 2 aromatic rings. The highest BCUT2D eigenvalue weighted by molar-refractivity contribution is 5.84. The van der Waals surface area contributed by atoms with Gasteiger partial charge in [-0.15, -0.1) is 0 Å². The molecular formula is C13H18N2. The molecule has 0 saturated carbocycles. The fourth-order valence-electron chi connectivity index (χ4n) is 1.82. The van der Waals surface area contributed by atoms with Gasteiger partial charge in [0.15, 0.2) is 0 Å². The number of H-pyrrole nitrogens is 1. The molecule has 0 amide bonds. The SMILES string of the molecule is Cc1c(CNC(C)C)[nH]c2ccccc12. The second-order valence-corrected chi connectivity index (χ2v) is 4.31. The fourth-order valence-corrected chi connectivity index (χ4v) is 1.82. The van der Waals surface area contributed by atoms with E-state index in [9.17, 15) is 0 Å². The topological polar surface area (TPSA) is 27.8 Å². The summed E-state index contributed by atoms with van der Waals surface area (Å²) >= 11 is 0. The minimum Gasteiger partial charge on any atom is -0.357 e. The molecule has 0 aliphatic rings. The Morgan fingerprint density at radius 1 is 1.27 bits per heavy atom. The van der Waals surface area contributed by atoms with E-state index >= 15 is 0 Å². The summed E-state index contributed by atoms with van der Waals surface area (Å²) in [6.07, 6.45) is 0. The molecule has 0 atom stereocenters. The number of rotatable bonds is 3. The monoisotopic (exact) mass is 202 g/mol. The Balaban J connectivity index is 2.32. The van der Waals surface area contributed by atoms with Crippen LogP contribution in [0.15, 0.2) is 24.3 Å². The average molecular weight is 202 g/mol. The molecule has 2 nitrogen and oxygen atoms in total. The fraction of sp³-hybridized carbons (Fsp3) is 0.385. The van der Waals surface area contributed by atoms with Crippen LogP contribution in [0.25, 0.3) is 10.9 Å². The first-order valence-electron chi connectivity index (χ1n) is 5.48. The largest absolute Gasteiger partial charge is 0.357 e. The van der Waals surface area contributed by atoms with Crippen LogP contribution in [0.4, 0.5) is 0 Å². The number of fused-ring (bicyclic) bond motifs is 1. The summed E-state index contributed by atoms with van der Waals surface area (Å²) in [6.45, 7) is 7.42. The molecule has 0 saturated heterocycles. The number of hydrogen-bond donors (Lipinski definition) is 2. The minimum atomic E-state index is 0.524. The molecule has 1 aromatic heterocycles. The summed E-state index contributed by atoms with van der Waals surface area (Å²) < 4.78 is 0. The van der Waals surface area contributed by atoms with Gasteiger partial charge < -0.3 is 10.3 Å². The van der Waals surface area contributed by atoms with Gasteiger partial charge in [-0.2, -0.15) is 0 Å². The first-order valence-corrected chi connectivity index (χ1v) is 5.48. The van der Waals surface area contributed by atoms with Crippen molar-refractivity contribution in [1.29, 1.82) is 0 Å². The molecule has 2 heteroatoms. The third-order valence-electron chi connectivity index (χ3n) is 2.76. The molecule has 0 unspecified atom stereocenters. The van der Waals surface area contributed by atoms with E-state index in [1.54, 1.807) is 0 Å². The standard InChI is InChI=1S/C13H18N2/c1-9(2)14-8-13-10(3)11-6-4-5-7-12(11)15-13/h4-7,9,14-15H,8H2,1-3H3. The van der Waals surface area contributed by atoms with Crippen LogP contribution < -0.4 is 5.32 Å². The predicted octanol–water partition coefficient (Wildman–Crippen LogP) is 2.97. The minimum absolute atomic E-state index is 0.524. The average Bonchev–Trinajstić information content (AvgIpc) is 2.54. The van der Waals surface area contributed by atoms with Crippen LogP contribution in [0.5, 0.6) is 0 Å². The first kappa shape index (κ1) is 10.2. The van der Waals surface area contributed by atoms with Crippen molar-refractivity contribution < 1.29 is 0 Å². The van der Waals surface area contributed by atoms with Gasteiger partial charge >= 0.3 is 0 Å². The van der Waals surface area contributed by atoms with E-state index in [-0.39, 0.29) is 0 Å². The van der Waals surface area contributed by atoms with Gasteiger partial charge in [-0.05, 0) is 18.6 Å². The number of aromatic amines is 1. The molecule has 0 radical (unpaired) electrons. The van der Waals surface area contributed by atoms with Crippen LogP contribution >= 0.6 is 0 Å². The molecule has 0 aliphatic heterocycles. The first-order chi connectivity index (χ1) is 7.18. The summed E-state index contributed by atoms with van der Waals surface area (Å²) in [5.41, 5.74) is 3.89. The van der Waals surface area contributed by atoms with Gasteiger partial charge in [0.2, 0.25) is 0 Å². The molecule has 15 heavy (non-hydrogen) atoms. The summed E-state index contributed by atoms with van der Waals surface area (Å²) in [6, 6.07) is 8.97. The molecule has 0 bridgehead atoms. The maximum Gasteiger partial charge on any atom is 0.0459 e. The number of benzene rings is 1. The van der Waals surface area contributed by atoms with E-state index in [1.807, 2.05) is 0 Å². The zero-order chi connectivity index (χ0) is 10.8. The molecule has 1 aromatic carbocycles. The number of aromatic nitrogens is 1. The van der Waals surface area contributed by atoms with E-state index in [2.05, 4.69) is 55.3 Å². The molecule has 1 heterocycles. The van der Waals surface area contributed by atoms with Crippen LogP contribution in [-0.4, -0.2) is 11.0 Å². The van der Waals surface area contributed by atoms with Gasteiger partial charge in [-0.1, -0.05) is 32.0 Å². The van der Waals surface area contributed by atoms with E-state index in [4.69, 9.17) is 0 Å². The number of aryl methyl sites for hydroxylation is 1.